The maximum atomic E-state index is 6.45. The smallest absolute Gasteiger partial charge is 0.187 e. The molecule has 2 aromatic rings. The van der Waals surface area contributed by atoms with Gasteiger partial charge in [0.2, 0.25) is 0 Å². The summed E-state index contributed by atoms with van der Waals surface area (Å²) in [5.74, 6) is 0.0504. The summed E-state index contributed by atoms with van der Waals surface area (Å²) in [4.78, 5) is 4.16. The minimum atomic E-state index is -0.558. The number of hydrogen-bond donors (Lipinski definition) is 0. The lowest BCUT2D eigenvalue weighted by molar-refractivity contribution is -0.183. The summed E-state index contributed by atoms with van der Waals surface area (Å²) in [6.07, 6.45) is 8.64. The van der Waals surface area contributed by atoms with Crippen LogP contribution in [-0.4, -0.2) is 28.0 Å². The minimum absolute atomic E-state index is 0.183. The monoisotopic (exact) mass is 342 g/mol. The van der Waals surface area contributed by atoms with E-state index >= 15 is 0 Å². The zero-order chi connectivity index (χ0) is 17.9. The van der Waals surface area contributed by atoms with Crippen molar-refractivity contribution >= 4 is 0 Å². The quantitative estimate of drug-likeness (QED) is 0.753. The van der Waals surface area contributed by atoms with E-state index in [1.165, 1.54) is 16.7 Å². The lowest BCUT2D eigenvalue weighted by Crippen LogP contribution is -2.37. The normalized spacial score (nSPS) is 23.5. The lowest BCUT2D eigenvalue weighted by Gasteiger charge is -2.29. The van der Waals surface area contributed by atoms with Gasteiger partial charge < -0.3 is 14.0 Å². The van der Waals surface area contributed by atoms with Crippen LogP contribution in [0, 0.1) is 19.8 Å². The molecule has 1 fully saturated rings. The van der Waals surface area contributed by atoms with E-state index < -0.39 is 5.79 Å². The second-order valence-electron chi connectivity index (χ2n) is 7.76. The maximum absolute atomic E-state index is 6.45. The number of aryl methyl sites for hydroxylation is 3. The number of aromatic nitrogens is 2. The molecule has 0 aliphatic carbocycles. The predicted molar refractivity (Wildman–Crippen MR) is 99.5 cm³/mol. The molecule has 2 heterocycles. The highest BCUT2D eigenvalue weighted by molar-refractivity contribution is 5.30. The number of rotatable bonds is 7. The van der Waals surface area contributed by atoms with Gasteiger partial charge in [-0.25, -0.2) is 4.98 Å². The Morgan fingerprint density at radius 3 is 2.84 bits per heavy atom. The van der Waals surface area contributed by atoms with Crippen molar-refractivity contribution in [3.63, 3.8) is 0 Å². The topological polar surface area (TPSA) is 36.3 Å². The summed E-state index contributed by atoms with van der Waals surface area (Å²) in [7, 11) is 0. The molecule has 3 rings (SSSR count). The first-order chi connectivity index (χ1) is 12.0. The second kappa shape index (κ2) is 7.71. The fourth-order valence-corrected chi connectivity index (χ4v) is 3.66. The van der Waals surface area contributed by atoms with E-state index in [-0.39, 0.29) is 6.10 Å². The predicted octanol–water partition coefficient (Wildman–Crippen LogP) is 4.29. The zero-order valence-corrected chi connectivity index (χ0v) is 15.9. The second-order valence-corrected chi connectivity index (χ2v) is 7.76. The van der Waals surface area contributed by atoms with Crippen LogP contribution in [0.1, 0.15) is 43.4 Å². The van der Waals surface area contributed by atoms with Gasteiger partial charge in [0.1, 0.15) is 0 Å². The van der Waals surface area contributed by atoms with Crippen molar-refractivity contribution < 1.29 is 9.47 Å². The van der Waals surface area contributed by atoms with Crippen molar-refractivity contribution in [3.05, 3.63) is 53.6 Å². The van der Waals surface area contributed by atoms with Gasteiger partial charge in [0.25, 0.3) is 0 Å². The van der Waals surface area contributed by atoms with Crippen LogP contribution in [0.5, 0.6) is 0 Å². The Hall–Kier alpha value is -1.65. The number of ether oxygens (including phenoxy) is 2. The summed E-state index contributed by atoms with van der Waals surface area (Å²) < 4.78 is 14.7. The fraction of sp³-hybridized carbons (Fsp3) is 0.571. The van der Waals surface area contributed by atoms with E-state index in [0.29, 0.717) is 19.1 Å². The van der Waals surface area contributed by atoms with Crippen LogP contribution in [0.15, 0.2) is 36.9 Å². The van der Waals surface area contributed by atoms with Gasteiger partial charge in [-0.05, 0) is 43.7 Å². The minimum Gasteiger partial charge on any atom is -0.345 e. The SMILES string of the molecule is Cc1ccc(CCC2(Cn3ccnc3)OCC(CC(C)C)O2)c(C)c1. The standard InChI is InChI=1S/C21H30N2O2/c1-16(2)11-20-13-24-21(25-20,14-23-10-9-22-15-23)8-7-19-6-5-17(3)12-18(19)4/h5-6,9-10,12,15-16,20H,7-8,11,13-14H2,1-4H3. The Kier molecular flexibility index (Phi) is 5.60. The Labute approximate surface area is 151 Å². The molecular formula is C21H30N2O2. The highest BCUT2D eigenvalue weighted by atomic mass is 16.7. The average molecular weight is 342 g/mol. The van der Waals surface area contributed by atoms with Crippen LogP contribution in [0.4, 0.5) is 0 Å². The molecule has 1 aromatic carbocycles. The van der Waals surface area contributed by atoms with Gasteiger partial charge in [-0.1, -0.05) is 37.6 Å². The molecule has 0 radical (unpaired) electrons. The Balaban J connectivity index is 1.72. The molecule has 1 saturated heterocycles. The molecule has 0 amide bonds. The molecule has 1 aliphatic rings. The number of imidazole rings is 1. The lowest BCUT2D eigenvalue weighted by atomic mass is 9.98. The largest absolute Gasteiger partial charge is 0.345 e. The molecule has 0 bridgehead atoms. The third kappa shape index (κ3) is 4.71. The van der Waals surface area contributed by atoms with Crippen LogP contribution in [0.25, 0.3) is 0 Å². The van der Waals surface area contributed by atoms with Crippen molar-refractivity contribution in [3.8, 4) is 0 Å². The van der Waals surface area contributed by atoms with E-state index in [4.69, 9.17) is 9.47 Å². The summed E-state index contributed by atoms with van der Waals surface area (Å²) >= 11 is 0. The first-order valence-electron chi connectivity index (χ1n) is 9.29. The van der Waals surface area contributed by atoms with Crippen molar-refractivity contribution in [2.45, 2.75) is 65.4 Å². The first kappa shape index (κ1) is 18.2. The maximum Gasteiger partial charge on any atom is 0.187 e. The summed E-state index contributed by atoms with van der Waals surface area (Å²) in [5.41, 5.74) is 4.02. The molecule has 0 spiro atoms. The molecule has 1 aromatic heterocycles. The highest BCUT2D eigenvalue weighted by Crippen LogP contribution is 2.33. The Morgan fingerprint density at radius 2 is 2.16 bits per heavy atom. The van der Waals surface area contributed by atoms with Gasteiger partial charge in [0, 0.05) is 18.8 Å². The van der Waals surface area contributed by atoms with Gasteiger partial charge in [-0.3, -0.25) is 0 Å². The van der Waals surface area contributed by atoms with E-state index in [0.717, 1.165) is 19.3 Å². The van der Waals surface area contributed by atoms with Gasteiger partial charge in [0.15, 0.2) is 5.79 Å². The third-order valence-electron chi connectivity index (χ3n) is 4.90. The summed E-state index contributed by atoms with van der Waals surface area (Å²) in [6, 6.07) is 6.66. The molecule has 4 heteroatoms. The van der Waals surface area contributed by atoms with Gasteiger partial charge >= 0.3 is 0 Å². The molecule has 0 N–H and O–H groups in total. The van der Waals surface area contributed by atoms with Gasteiger partial charge in [-0.15, -0.1) is 0 Å². The van der Waals surface area contributed by atoms with Gasteiger partial charge in [-0.2, -0.15) is 0 Å². The average Bonchev–Trinajstić information content (AvgIpc) is 3.17. The van der Waals surface area contributed by atoms with Crippen molar-refractivity contribution in [1.29, 1.82) is 0 Å². The van der Waals surface area contributed by atoms with E-state index in [9.17, 15) is 0 Å². The van der Waals surface area contributed by atoms with Crippen LogP contribution < -0.4 is 0 Å². The van der Waals surface area contributed by atoms with Crippen molar-refractivity contribution in [2.24, 2.45) is 5.92 Å². The van der Waals surface area contributed by atoms with Crippen LogP contribution >= 0.6 is 0 Å². The number of nitrogens with zero attached hydrogens (tertiary/aromatic N) is 2. The molecular weight excluding hydrogens is 312 g/mol. The van der Waals surface area contributed by atoms with Gasteiger partial charge in [0.05, 0.1) is 25.6 Å². The third-order valence-corrected chi connectivity index (χ3v) is 4.90. The van der Waals surface area contributed by atoms with E-state index in [1.807, 2.05) is 12.5 Å². The van der Waals surface area contributed by atoms with E-state index in [1.54, 1.807) is 6.20 Å². The molecule has 2 unspecified atom stereocenters. The van der Waals surface area contributed by atoms with Crippen LogP contribution in [0.3, 0.4) is 0 Å². The Morgan fingerprint density at radius 1 is 1.32 bits per heavy atom. The molecule has 4 nitrogen and oxygen atoms in total. The number of hydrogen-bond acceptors (Lipinski definition) is 3. The first-order valence-corrected chi connectivity index (χ1v) is 9.29. The van der Waals surface area contributed by atoms with Crippen molar-refractivity contribution in [2.75, 3.05) is 6.61 Å². The Bertz CT molecular complexity index is 681. The molecule has 25 heavy (non-hydrogen) atoms. The highest BCUT2D eigenvalue weighted by Gasteiger charge is 2.41. The van der Waals surface area contributed by atoms with Crippen LogP contribution in [0.2, 0.25) is 0 Å². The molecule has 136 valence electrons. The molecule has 0 saturated carbocycles. The summed E-state index contributed by atoms with van der Waals surface area (Å²) in [5, 5.41) is 0. The number of benzene rings is 1. The summed E-state index contributed by atoms with van der Waals surface area (Å²) in [6.45, 7) is 10.1. The van der Waals surface area contributed by atoms with E-state index in [2.05, 4.69) is 55.4 Å². The zero-order valence-electron chi connectivity index (χ0n) is 15.9. The van der Waals surface area contributed by atoms with Crippen molar-refractivity contribution in [1.82, 2.24) is 9.55 Å². The van der Waals surface area contributed by atoms with Crippen LogP contribution in [-0.2, 0) is 22.4 Å². The molecule has 1 aliphatic heterocycles. The molecule has 2 atom stereocenters. The fourth-order valence-electron chi connectivity index (χ4n) is 3.66.